The zero-order valence-corrected chi connectivity index (χ0v) is 12.4. The number of nitrogen functional groups attached to an aromatic ring is 1. The summed E-state index contributed by atoms with van der Waals surface area (Å²) in [6, 6.07) is 7.25. The van der Waals surface area contributed by atoms with E-state index >= 15 is 0 Å². The third kappa shape index (κ3) is 2.62. The first-order valence-corrected chi connectivity index (χ1v) is 7.51. The predicted molar refractivity (Wildman–Crippen MR) is 85.0 cm³/mol. The molecule has 2 aromatic heterocycles. The minimum absolute atomic E-state index is 0.0499. The van der Waals surface area contributed by atoms with Crippen molar-refractivity contribution in [2.75, 3.05) is 12.3 Å². The van der Waals surface area contributed by atoms with Crippen LogP contribution in [0.1, 0.15) is 12.5 Å². The van der Waals surface area contributed by atoms with Crippen LogP contribution in [0, 0.1) is 0 Å². The van der Waals surface area contributed by atoms with Gasteiger partial charge in [-0.1, -0.05) is 0 Å². The number of thiophene rings is 1. The second-order valence-corrected chi connectivity index (χ2v) is 5.51. The number of hydrogen-bond donors (Lipinski definition) is 1. The Morgan fingerprint density at radius 1 is 1.38 bits per heavy atom. The van der Waals surface area contributed by atoms with E-state index in [1.165, 1.54) is 11.3 Å². The molecule has 0 aliphatic rings. The van der Waals surface area contributed by atoms with Gasteiger partial charge in [0.15, 0.2) is 0 Å². The lowest BCUT2D eigenvalue weighted by Gasteiger charge is -2.12. The van der Waals surface area contributed by atoms with Gasteiger partial charge in [-0.25, -0.2) is 4.98 Å². The van der Waals surface area contributed by atoms with Crippen molar-refractivity contribution in [2.24, 2.45) is 0 Å². The quantitative estimate of drug-likeness (QED) is 0.752. The molecule has 6 heteroatoms. The van der Waals surface area contributed by atoms with Gasteiger partial charge in [-0.2, -0.15) is 0 Å². The van der Waals surface area contributed by atoms with Crippen molar-refractivity contribution >= 4 is 27.2 Å². The number of nitrogens with two attached hydrogens (primary N) is 1. The molecule has 0 amide bonds. The Balaban J connectivity index is 2.03. The first-order chi connectivity index (χ1) is 10.2. The van der Waals surface area contributed by atoms with Crippen LogP contribution in [0.25, 0.3) is 10.2 Å². The SMILES string of the molecule is CCOc1ccc(N)cc1Cn1cnc2sccc2c1=O. The average Bonchev–Trinajstić information content (AvgIpc) is 2.94. The van der Waals surface area contributed by atoms with Gasteiger partial charge in [-0.3, -0.25) is 9.36 Å². The molecule has 0 atom stereocenters. The molecule has 108 valence electrons. The highest BCUT2D eigenvalue weighted by molar-refractivity contribution is 7.16. The molecule has 0 saturated carbocycles. The van der Waals surface area contributed by atoms with Crippen molar-refractivity contribution in [3.8, 4) is 5.75 Å². The van der Waals surface area contributed by atoms with Gasteiger partial charge in [0.25, 0.3) is 5.56 Å². The van der Waals surface area contributed by atoms with Crippen molar-refractivity contribution in [3.63, 3.8) is 0 Å². The van der Waals surface area contributed by atoms with E-state index in [2.05, 4.69) is 4.98 Å². The Labute approximate surface area is 125 Å². The number of hydrogen-bond acceptors (Lipinski definition) is 5. The van der Waals surface area contributed by atoms with Crippen LogP contribution in [0.15, 0.2) is 40.8 Å². The Morgan fingerprint density at radius 2 is 2.24 bits per heavy atom. The van der Waals surface area contributed by atoms with Crippen LogP contribution in [0.5, 0.6) is 5.75 Å². The molecule has 0 spiro atoms. The molecular weight excluding hydrogens is 286 g/mol. The predicted octanol–water partition coefficient (Wildman–Crippen LogP) is 2.49. The van der Waals surface area contributed by atoms with Crippen LogP contribution in [-0.4, -0.2) is 16.2 Å². The van der Waals surface area contributed by atoms with E-state index in [4.69, 9.17) is 10.5 Å². The van der Waals surface area contributed by atoms with Gasteiger partial charge >= 0.3 is 0 Å². The Morgan fingerprint density at radius 3 is 3.05 bits per heavy atom. The summed E-state index contributed by atoms with van der Waals surface area (Å²) in [6.45, 7) is 2.87. The van der Waals surface area contributed by atoms with E-state index in [9.17, 15) is 4.79 Å². The highest BCUT2D eigenvalue weighted by atomic mass is 32.1. The average molecular weight is 301 g/mol. The molecule has 3 rings (SSSR count). The molecular formula is C15H15N3O2S. The minimum Gasteiger partial charge on any atom is -0.494 e. The van der Waals surface area contributed by atoms with Crippen molar-refractivity contribution in [3.05, 3.63) is 51.9 Å². The summed E-state index contributed by atoms with van der Waals surface area (Å²) in [4.78, 5) is 17.5. The summed E-state index contributed by atoms with van der Waals surface area (Å²) in [5, 5.41) is 2.51. The number of aromatic nitrogens is 2. The number of fused-ring (bicyclic) bond motifs is 1. The fourth-order valence-corrected chi connectivity index (χ4v) is 2.93. The molecule has 0 unspecified atom stereocenters. The number of anilines is 1. The summed E-state index contributed by atoms with van der Waals surface area (Å²) in [7, 11) is 0. The summed E-state index contributed by atoms with van der Waals surface area (Å²) in [5.74, 6) is 0.740. The summed E-state index contributed by atoms with van der Waals surface area (Å²) in [6.07, 6.45) is 1.57. The monoisotopic (exact) mass is 301 g/mol. The van der Waals surface area contributed by atoms with Gasteiger partial charge in [0.05, 0.1) is 24.9 Å². The summed E-state index contributed by atoms with van der Waals surface area (Å²) < 4.78 is 7.16. The van der Waals surface area contributed by atoms with E-state index in [1.54, 1.807) is 23.0 Å². The van der Waals surface area contributed by atoms with E-state index < -0.39 is 0 Å². The maximum absolute atomic E-state index is 12.4. The second-order valence-electron chi connectivity index (χ2n) is 4.62. The van der Waals surface area contributed by atoms with Gasteiger partial charge in [0.1, 0.15) is 10.6 Å². The van der Waals surface area contributed by atoms with Crippen LogP contribution >= 0.6 is 11.3 Å². The van der Waals surface area contributed by atoms with E-state index in [0.29, 0.717) is 24.2 Å². The van der Waals surface area contributed by atoms with Crippen LogP contribution in [0.2, 0.25) is 0 Å². The number of benzene rings is 1. The molecule has 21 heavy (non-hydrogen) atoms. The number of rotatable bonds is 4. The highest BCUT2D eigenvalue weighted by Gasteiger charge is 2.09. The Bertz CT molecular complexity index is 838. The molecule has 0 saturated heterocycles. The number of ether oxygens (including phenoxy) is 1. The van der Waals surface area contributed by atoms with Crippen LogP contribution in [0.3, 0.4) is 0 Å². The summed E-state index contributed by atoms with van der Waals surface area (Å²) >= 11 is 1.46. The minimum atomic E-state index is -0.0499. The van der Waals surface area contributed by atoms with Crippen molar-refractivity contribution in [1.29, 1.82) is 0 Å². The third-order valence-corrected chi connectivity index (χ3v) is 4.00. The first-order valence-electron chi connectivity index (χ1n) is 6.63. The molecule has 3 aromatic rings. The van der Waals surface area contributed by atoms with E-state index in [1.807, 2.05) is 24.4 Å². The lowest BCUT2D eigenvalue weighted by atomic mass is 10.1. The topological polar surface area (TPSA) is 70.1 Å². The maximum Gasteiger partial charge on any atom is 0.262 e. The molecule has 0 aliphatic heterocycles. The van der Waals surface area contributed by atoms with Gasteiger partial charge in [0, 0.05) is 11.3 Å². The van der Waals surface area contributed by atoms with E-state index in [-0.39, 0.29) is 5.56 Å². The largest absolute Gasteiger partial charge is 0.494 e. The molecule has 0 radical (unpaired) electrons. The Hall–Kier alpha value is -2.34. The normalized spacial score (nSPS) is 10.9. The van der Waals surface area contributed by atoms with Crippen LogP contribution in [-0.2, 0) is 6.54 Å². The second kappa shape index (κ2) is 5.57. The van der Waals surface area contributed by atoms with Crippen LogP contribution in [0.4, 0.5) is 5.69 Å². The summed E-state index contributed by atoms with van der Waals surface area (Å²) in [5.41, 5.74) is 7.30. The van der Waals surface area contributed by atoms with Gasteiger partial charge in [-0.15, -0.1) is 11.3 Å². The first kappa shape index (κ1) is 13.6. The third-order valence-electron chi connectivity index (χ3n) is 3.18. The molecule has 1 aromatic carbocycles. The smallest absolute Gasteiger partial charge is 0.262 e. The van der Waals surface area contributed by atoms with Crippen molar-refractivity contribution in [1.82, 2.24) is 9.55 Å². The van der Waals surface area contributed by atoms with Gasteiger partial charge in [0.2, 0.25) is 0 Å². The lowest BCUT2D eigenvalue weighted by molar-refractivity contribution is 0.335. The molecule has 5 nitrogen and oxygen atoms in total. The molecule has 2 N–H and O–H groups in total. The zero-order valence-electron chi connectivity index (χ0n) is 11.6. The van der Waals surface area contributed by atoms with Gasteiger partial charge < -0.3 is 10.5 Å². The lowest BCUT2D eigenvalue weighted by Crippen LogP contribution is -2.20. The van der Waals surface area contributed by atoms with E-state index in [0.717, 1.165) is 16.1 Å². The maximum atomic E-state index is 12.4. The van der Waals surface area contributed by atoms with Crippen molar-refractivity contribution in [2.45, 2.75) is 13.5 Å². The van der Waals surface area contributed by atoms with Crippen LogP contribution < -0.4 is 16.0 Å². The molecule has 0 bridgehead atoms. The fraction of sp³-hybridized carbons (Fsp3) is 0.200. The van der Waals surface area contributed by atoms with Gasteiger partial charge in [-0.05, 0) is 36.6 Å². The molecule has 2 heterocycles. The highest BCUT2D eigenvalue weighted by Crippen LogP contribution is 2.22. The Kier molecular flexibility index (Phi) is 3.62. The molecule has 0 fully saturated rings. The van der Waals surface area contributed by atoms with Crippen molar-refractivity contribution < 1.29 is 4.74 Å². The molecule has 0 aliphatic carbocycles. The zero-order chi connectivity index (χ0) is 14.8. The number of nitrogens with zero attached hydrogens (tertiary/aromatic N) is 2. The fourth-order valence-electron chi connectivity index (χ4n) is 2.21. The standard InChI is InChI=1S/C15H15N3O2S/c1-2-20-13-4-3-11(16)7-10(13)8-18-9-17-14-12(15(18)19)5-6-21-14/h3-7,9H,2,8,16H2,1H3.